The third-order valence-corrected chi connectivity index (χ3v) is 3.59. The molecule has 114 valence electrons. The van der Waals surface area contributed by atoms with Gasteiger partial charge in [0, 0.05) is 23.7 Å². The Morgan fingerprint density at radius 3 is 2.71 bits per heavy atom. The van der Waals surface area contributed by atoms with E-state index in [4.69, 9.17) is 4.74 Å². The Balaban J connectivity index is 1.92. The van der Waals surface area contributed by atoms with Gasteiger partial charge < -0.3 is 15.4 Å². The van der Waals surface area contributed by atoms with E-state index in [1.165, 1.54) is 0 Å². The molecule has 1 aromatic rings. The van der Waals surface area contributed by atoms with E-state index >= 15 is 0 Å². The molecule has 0 bridgehead atoms. The quantitative estimate of drug-likeness (QED) is 0.807. The molecule has 1 aliphatic heterocycles. The SMILES string of the molecule is O=C(NC[C@H]1CCCO1)C(=O)Nc1c(F)cc(F)cc1Br. The van der Waals surface area contributed by atoms with Crippen LogP contribution in [0.4, 0.5) is 14.5 Å². The molecule has 0 aromatic heterocycles. The van der Waals surface area contributed by atoms with Gasteiger partial charge in [0.2, 0.25) is 0 Å². The van der Waals surface area contributed by atoms with Crippen LogP contribution in [0.1, 0.15) is 12.8 Å². The molecule has 1 aromatic carbocycles. The van der Waals surface area contributed by atoms with E-state index in [1.807, 2.05) is 0 Å². The molecule has 2 rings (SSSR count). The van der Waals surface area contributed by atoms with Gasteiger partial charge in [-0.05, 0) is 34.8 Å². The largest absolute Gasteiger partial charge is 0.376 e. The monoisotopic (exact) mass is 362 g/mol. The number of nitrogens with one attached hydrogen (secondary N) is 2. The van der Waals surface area contributed by atoms with E-state index in [0.717, 1.165) is 18.9 Å². The smallest absolute Gasteiger partial charge is 0.313 e. The molecule has 1 saturated heterocycles. The summed E-state index contributed by atoms with van der Waals surface area (Å²) in [6.45, 7) is 0.861. The molecule has 1 heterocycles. The number of anilines is 1. The van der Waals surface area contributed by atoms with Crippen LogP contribution in [0.2, 0.25) is 0 Å². The molecule has 2 amide bonds. The molecule has 5 nitrogen and oxygen atoms in total. The number of rotatable bonds is 3. The van der Waals surface area contributed by atoms with E-state index < -0.39 is 23.4 Å². The molecule has 1 aliphatic rings. The highest BCUT2D eigenvalue weighted by Gasteiger charge is 2.21. The van der Waals surface area contributed by atoms with E-state index in [2.05, 4.69) is 26.6 Å². The lowest BCUT2D eigenvalue weighted by molar-refractivity contribution is -0.136. The van der Waals surface area contributed by atoms with Gasteiger partial charge in [0.15, 0.2) is 5.82 Å². The number of ether oxygens (including phenoxy) is 1. The lowest BCUT2D eigenvalue weighted by Crippen LogP contribution is -2.39. The van der Waals surface area contributed by atoms with Crippen molar-refractivity contribution in [1.29, 1.82) is 0 Å². The van der Waals surface area contributed by atoms with Gasteiger partial charge in [-0.15, -0.1) is 0 Å². The van der Waals surface area contributed by atoms with E-state index in [1.54, 1.807) is 0 Å². The molecular formula is C13H13BrF2N2O3. The van der Waals surface area contributed by atoms with Crippen LogP contribution in [0, 0.1) is 11.6 Å². The van der Waals surface area contributed by atoms with Crippen molar-refractivity contribution < 1.29 is 23.1 Å². The highest BCUT2D eigenvalue weighted by molar-refractivity contribution is 9.10. The predicted octanol–water partition coefficient (Wildman–Crippen LogP) is 1.96. The zero-order chi connectivity index (χ0) is 15.4. The lowest BCUT2D eigenvalue weighted by Gasteiger charge is -2.11. The number of carbonyl (C=O) groups excluding carboxylic acids is 2. The Hall–Kier alpha value is -1.54. The summed E-state index contributed by atoms with van der Waals surface area (Å²) in [6.07, 6.45) is 1.64. The molecule has 2 N–H and O–H groups in total. The first kappa shape index (κ1) is 15.8. The van der Waals surface area contributed by atoms with Crippen LogP contribution in [0.15, 0.2) is 16.6 Å². The lowest BCUT2D eigenvalue weighted by atomic mass is 10.2. The topological polar surface area (TPSA) is 67.4 Å². The van der Waals surface area contributed by atoms with E-state index in [-0.39, 0.29) is 22.8 Å². The van der Waals surface area contributed by atoms with Gasteiger partial charge in [-0.25, -0.2) is 8.78 Å². The van der Waals surface area contributed by atoms with Crippen LogP contribution in [0.3, 0.4) is 0 Å². The molecule has 0 radical (unpaired) electrons. The van der Waals surface area contributed by atoms with Crippen molar-refractivity contribution in [2.24, 2.45) is 0 Å². The summed E-state index contributed by atoms with van der Waals surface area (Å²) in [5, 5.41) is 4.51. The van der Waals surface area contributed by atoms with E-state index in [9.17, 15) is 18.4 Å². The highest BCUT2D eigenvalue weighted by Crippen LogP contribution is 2.26. The molecular weight excluding hydrogens is 350 g/mol. The van der Waals surface area contributed by atoms with Crippen LogP contribution in [0.5, 0.6) is 0 Å². The Kier molecular flexibility index (Phi) is 5.24. The second-order valence-electron chi connectivity index (χ2n) is 4.54. The average Bonchev–Trinajstić information content (AvgIpc) is 2.93. The minimum Gasteiger partial charge on any atom is -0.376 e. The first-order valence-electron chi connectivity index (χ1n) is 6.32. The molecule has 0 aliphatic carbocycles. The number of hydrogen-bond acceptors (Lipinski definition) is 3. The maximum Gasteiger partial charge on any atom is 0.313 e. The van der Waals surface area contributed by atoms with Crippen LogP contribution < -0.4 is 10.6 Å². The fraction of sp³-hybridized carbons (Fsp3) is 0.385. The van der Waals surface area contributed by atoms with E-state index in [0.29, 0.717) is 12.7 Å². The fourth-order valence-electron chi connectivity index (χ4n) is 1.92. The third kappa shape index (κ3) is 4.21. The van der Waals surface area contributed by atoms with Crippen LogP contribution >= 0.6 is 15.9 Å². The van der Waals surface area contributed by atoms with Gasteiger partial charge in [0.05, 0.1) is 11.8 Å². The van der Waals surface area contributed by atoms with Crippen molar-refractivity contribution in [3.05, 3.63) is 28.2 Å². The zero-order valence-electron chi connectivity index (χ0n) is 10.9. The Morgan fingerprint density at radius 2 is 2.10 bits per heavy atom. The summed E-state index contributed by atoms with van der Waals surface area (Å²) in [5.41, 5.74) is -0.284. The molecule has 0 saturated carbocycles. The molecule has 0 spiro atoms. The van der Waals surface area contributed by atoms with Crippen molar-refractivity contribution >= 4 is 33.4 Å². The molecule has 8 heteroatoms. The first-order chi connectivity index (χ1) is 9.97. The average molecular weight is 363 g/mol. The predicted molar refractivity (Wildman–Crippen MR) is 74.7 cm³/mol. The van der Waals surface area contributed by atoms with Crippen molar-refractivity contribution in [3.8, 4) is 0 Å². The summed E-state index contributed by atoms with van der Waals surface area (Å²) < 4.78 is 31.8. The number of amides is 2. The van der Waals surface area contributed by atoms with Crippen LogP contribution in [-0.2, 0) is 14.3 Å². The number of benzene rings is 1. The number of carbonyl (C=O) groups is 2. The summed E-state index contributed by atoms with van der Waals surface area (Å²) in [7, 11) is 0. The molecule has 0 unspecified atom stereocenters. The number of halogens is 3. The van der Waals surface area contributed by atoms with Crippen molar-refractivity contribution in [2.45, 2.75) is 18.9 Å². The third-order valence-electron chi connectivity index (χ3n) is 2.97. The Bertz CT molecular complexity index is 539. The Labute approximate surface area is 128 Å². The Morgan fingerprint density at radius 1 is 1.33 bits per heavy atom. The minimum atomic E-state index is -1.03. The second kappa shape index (κ2) is 6.95. The maximum atomic E-state index is 13.5. The zero-order valence-corrected chi connectivity index (χ0v) is 12.5. The minimum absolute atomic E-state index is 0.0141. The second-order valence-corrected chi connectivity index (χ2v) is 5.40. The maximum absolute atomic E-state index is 13.5. The molecule has 1 fully saturated rings. The standard InChI is InChI=1S/C13H13BrF2N2O3/c14-9-4-7(15)5-10(16)11(9)18-13(20)12(19)17-6-8-2-1-3-21-8/h4-5,8H,1-3,6H2,(H,17,19)(H,18,20)/t8-/m1/s1. The van der Waals surface area contributed by atoms with Gasteiger partial charge in [-0.2, -0.15) is 0 Å². The van der Waals surface area contributed by atoms with Gasteiger partial charge in [-0.1, -0.05) is 0 Å². The van der Waals surface area contributed by atoms with Crippen molar-refractivity contribution in [1.82, 2.24) is 5.32 Å². The van der Waals surface area contributed by atoms with Crippen LogP contribution in [0.25, 0.3) is 0 Å². The fourth-order valence-corrected chi connectivity index (χ4v) is 2.43. The van der Waals surface area contributed by atoms with Crippen molar-refractivity contribution in [3.63, 3.8) is 0 Å². The van der Waals surface area contributed by atoms with Crippen molar-refractivity contribution in [2.75, 3.05) is 18.5 Å². The van der Waals surface area contributed by atoms with Gasteiger partial charge in [0.25, 0.3) is 0 Å². The van der Waals surface area contributed by atoms with Crippen LogP contribution in [-0.4, -0.2) is 31.1 Å². The summed E-state index contributed by atoms with van der Waals surface area (Å²) in [6, 6.07) is 1.60. The van der Waals surface area contributed by atoms with Gasteiger partial charge in [0.1, 0.15) is 5.82 Å². The highest BCUT2D eigenvalue weighted by atomic mass is 79.9. The van der Waals surface area contributed by atoms with Gasteiger partial charge in [-0.3, -0.25) is 9.59 Å². The molecule has 21 heavy (non-hydrogen) atoms. The first-order valence-corrected chi connectivity index (χ1v) is 7.12. The summed E-state index contributed by atoms with van der Waals surface area (Å²) in [4.78, 5) is 23.3. The summed E-state index contributed by atoms with van der Waals surface area (Å²) >= 11 is 2.92. The normalized spacial score (nSPS) is 17.6. The summed E-state index contributed by atoms with van der Waals surface area (Å²) in [5.74, 6) is -3.69. The number of hydrogen-bond donors (Lipinski definition) is 2. The van der Waals surface area contributed by atoms with Gasteiger partial charge >= 0.3 is 11.8 Å². The molecule has 1 atom stereocenters.